The van der Waals surface area contributed by atoms with Crippen LogP contribution >= 0.6 is 22.7 Å². The third kappa shape index (κ3) is 3.98. The normalized spacial score (nSPS) is 10.3. The van der Waals surface area contributed by atoms with Crippen LogP contribution in [0.15, 0.2) is 46.5 Å². The smallest absolute Gasteiger partial charge is 0.275 e. The van der Waals surface area contributed by atoms with E-state index >= 15 is 0 Å². The zero-order valence-electron chi connectivity index (χ0n) is 12.4. The highest BCUT2D eigenvalue weighted by atomic mass is 32.1. The van der Waals surface area contributed by atoms with Crippen LogP contribution < -0.4 is 15.8 Å². The lowest BCUT2D eigenvalue weighted by Crippen LogP contribution is -2.20. The first kappa shape index (κ1) is 16.2. The number of primary amides is 1. The third-order valence-electron chi connectivity index (χ3n) is 3.00. The molecule has 0 bridgehead atoms. The van der Waals surface area contributed by atoms with Crippen LogP contribution in [-0.2, 0) is 4.79 Å². The molecule has 0 aliphatic heterocycles. The number of carbonyl (C=O) groups is 2. The summed E-state index contributed by atoms with van der Waals surface area (Å²) in [6, 6.07) is 8.63. The Morgan fingerprint density at radius 2 is 1.96 bits per heavy atom. The van der Waals surface area contributed by atoms with E-state index in [1.54, 1.807) is 41.0 Å². The Morgan fingerprint density at radius 3 is 2.62 bits per heavy atom. The van der Waals surface area contributed by atoms with Crippen molar-refractivity contribution in [1.82, 2.24) is 4.98 Å². The van der Waals surface area contributed by atoms with Gasteiger partial charge in [-0.25, -0.2) is 4.98 Å². The summed E-state index contributed by atoms with van der Waals surface area (Å²) in [5.41, 5.74) is 7.00. The van der Waals surface area contributed by atoms with Crippen LogP contribution in [0.3, 0.4) is 0 Å². The molecule has 24 heavy (non-hydrogen) atoms. The van der Waals surface area contributed by atoms with Gasteiger partial charge in [0.1, 0.15) is 16.5 Å². The maximum Gasteiger partial charge on any atom is 0.275 e. The fourth-order valence-corrected chi connectivity index (χ4v) is 3.39. The average molecular weight is 359 g/mol. The van der Waals surface area contributed by atoms with E-state index in [1.807, 2.05) is 16.8 Å². The summed E-state index contributed by atoms with van der Waals surface area (Å²) in [6.45, 7) is -0.185. The first-order valence-corrected chi connectivity index (χ1v) is 8.74. The molecule has 0 atom stereocenters. The Kier molecular flexibility index (Phi) is 4.88. The van der Waals surface area contributed by atoms with E-state index in [0.717, 1.165) is 10.6 Å². The van der Waals surface area contributed by atoms with Crippen molar-refractivity contribution in [2.75, 3.05) is 11.9 Å². The number of thiophene rings is 1. The lowest BCUT2D eigenvalue weighted by Gasteiger charge is -2.06. The van der Waals surface area contributed by atoms with Gasteiger partial charge in [0.25, 0.3) is 11.8 Å². The van der Waals surface area contributed by atoms with Gasteiger partial charge < -0.3 is 15.8 Å². The molecule has 2 heterocycles. The number of amides is 2. The third-order valence-corrected chi connectivity index (χ3v) is 4.57. The molecule has 3 aromatic rings. The van der Waals surface area contributed by atoms with Crippen molar-refractivity contribution in [1.29, 1.82) is 0 Å². The quantitative estimate of drug-likeness (QED) is 0.707. The number of benzene rings is 1. The van der Waals surface area contributed by atoms with Crippen molar-refractivity contribution < 1.29 is 14.3 Å². The molecule has 122 valence electrons. The first-order chi connectivity index (χ1) is 11.6. The highest BCUT2D eigenvalue weighted by molar-refractivity contribution is 7.14. The molecular weight excluding hydrogens is 346 g/mol. The SMILES string of the molecule is NC(=O)COc1ccc(NC(=O)c2csc(-c3ccsc3)n2)cc1. The molecule has 0 unspecified atom stereocenters. The van der Waals surface area contributed by atoms with E-state index in [4.69, 9.17) is 10.5 Å². The fraction of sp³-hybridized carbons (Fsp3) is 0.0625. The molecule has 6 nitrogen and oxygen atoms in total. The van der Waals surface area contributed by atoms with E-state index in [1.165, 1.54) is 11.3 Å². The van der Waals surface area contributed by atoms with Gasteiger partial charge in [-0.1, -0.05) is 0 Å². The topological polar surface area (TPSA) is 94.3 Å². The Labute approximate surface area is 145 Å². The molecule has 0 saturated carbocycles. The number of rotatable bonds is 6. The summed E-state index contributed by atoms with van der Waals surface area (Å²) in [6.07, 6.45) is 0. The molecule has 3 N–H and O–H groups in total. The van der Waals surface area contributed by atoms with Gasteiger partial charge in [-0.3, -0.25) is 9.59 Å². The second kappa shape index (κ2) is 7.24. The molecule has 0 aliphatic rings. The van der Waals surface area contributed by atoms with Crippen molar-refractivity contribution in [2.45, 2.75) is 0 Å². The van der Waals surface area contributed by atoms with E-state index in [2.05, 4.69) is 10.3 Å². The van der Waals surface area contributed by atoms with E-state index in [9.17, 15) is 9.59 Å². The number of aromatic nitrogens is 1. The van der Waals surface area contributed by atoms with Crippen molar-refractivity contribution in [3.05, 3.63) is 52.2 Å². The predicted molar refractivity (Wildman–Crippen MR) is 94.5 cm³/mol. The van der Waals surface area contributed by atoms with Crippen molar-refractivity contribution in [3.8, 4) is 16.3 Å². The van der Waals surface area contributed by atoms with Gasteiger partial charge in [-0.2, -0.15) is 11.3 Å². The van der Waals surface area contributed by atoms with Gasteiger partial charge in [0, 0.05) is 22.0 Å². The minimum Gasteiger partial charge on any atom is -0.484 e. The number of anilines is 1. The van der Waals surface area contributed by atoms with Gasteiger partial charge >= 0.3 is 0 Å². The molecule has 0 saturated heterocycles. The predicted octanol–water partition coefficient (Wildman–Crippen LogP) is 2.99. The zero-order valence-corrected chi connectivity index (χ0v) is 14.0. The lowest BCUT2D eigenvalue weighted by atomic mass is 10.3. The van der Waals surface area contributed by atoms with Gasteiger partial charge in [-0.05, 0) is 35.7 Å². The molecule has 2 aromatic heterocycles. The Morgan fingerprint density at radius 1 is 1.17 bits per heavy atom. The molecule has 0 radical (unpaired) electrons. The highest BCUT2D eigenvalue weighted by Crippen LogP contribution is 2.26. The molecule has 0 aliphatic carbocycles. The summed E-state index contributed by atoms with van der Waals surface area (Å²) in [5.74, 6) is -0.323. The Bertz CT molecular complexity index is 842. The second-order valence-electron chi connectivity index (χ2n) is 4.78. The van der Waals surface area contributed by atoms with E-state index < -0.39 is 5.91 Å². The maximum absolute atomic E-state index is 12.2. The van der Waals surface area contributed by atoms with Crippen LogP contribution in [0.2, 0.25) is 0 Å². The standard InChI is InChI=1S/C16H13N3O3S2/c17-14(20)7-22-12-3-1-11(2-4-12)18-15(21)13-9-24-16(19-13)10-5-6-23-8-10/h1-6,8-9H,7H2,(H2,17,20)(H,18,21). The summed E-state index contributed by atoms with van der Waals surface area (Å²) >= 11 is 3.02. The summed E-state index contributed by atoms with van der Waals surface area (Å²) in [4.78, 5) is 27.3. The van der Waals surface area contributed by atoms with Gasteiger partial charge in [0.05, 0.1) is 0 Å². The van der Waals surface area contributed by atoms with Gasteiger partial charge in [-0.15, -0.1) is 11.3 Å². The molecule has 0 fully saturated rings. The van der Waals surface area contributed by atoms with Crippen molar-refractivity contribution >= 4 is 40.2 Å². The number of carbonyl (C=O) groups excluding carboxylic acids is 2. The molecule has 1 aromatic carbocycles. The molecule has 8 heteroatoms. The highest BCUT2D eigenvalue weighted by Gasteiger charge is 2.12. The maximum atomic E-state index is 12.2. The monoisotopic (exact) mass is 359 g/mol. The number of nitrogens with one attached hydrogen (secondary N) is 1. The Balaban J connectivity index is 1.63. The first-order valence-electron chi connectivity index (χ1n) is 6.92. The summed E-state index contributed by atoms with van der Waals surface area (Å²) in [5, 5.41) is 9.28. The molecular formula is C16H13N3O3S2. The number of nitrogens with zero attached hydrogens (tertiary/aromatic N) is 1. The van der Waals surface area contributed by atoms with Crippen LogP contribution in [0.1, 0.15) is 10.5 Å². The number of ether oxygens (including phenoxy) is 1. The summed E-state index contributed by atoms with van der Waals surface area (Å²) in [7, 11) is 0. The van der Waals surface area contributed by atoms with Crippen LogP contribution in [-0.4, -0.2) is 23.4 Å². The lowest BCUT2D eigenvalue weighted by molar-refractivity contribution is -0.119. The fourth-order valence-electron chi connectivity index (χ4n) is 1.88. The van der Waals surface area contributed by atoms with Crippen LogP contribution in [0.25, 0.3) is 10.6 Å². The largest absolute Gasteiger partial charge is 0.484 e. The minimum absolute atomic E-state index is 0.185. The molecule has 2 amide bonds. The number of hydrogen-bond acceptors (Lipinski definition) is 6. The van der Waals surface area contributed by atoms with Crippen molar-refractivity contribution in [2.24, 2.45) is 5.73 Å². The Hall–Kier alpha value is -2.71. The number of hydrogen-bond donors (Lipinski definition) is 2. The zero-order chi connectivity index (χ0) is 16.9. The van der Waals surface area contributed by atoms with Crippen LogP contribution in [0, 0.1) is 0 Å². The number of nitrogens with two attached hydrogens (primary N) is 1. The minimum atomic E-state index is -0.544. The average Bonchev–Trinajstić information content (AvgIpc) is 3.25. The van der Waals surface area contributed by atoms with Gasteiger partial charge in [0.15, 0.2) is 6.61 Å². The van der Waals surface area contributed by atoms with Crippen molar-refractivity contribution in [3.63, 3.8) is 0 Å². The molecule has 3 rings (SSSR count). The number of thiazole rings is 1. The van der Waals surface area contributed by atoms with Crippen LogP contribution in [0.4, 0.5) is 5.69 Å². The van der Waals surface area contributed by atoms with Crippen LogP contribution in [0.5, 0.6) is 5.75 Å². The van der Waals surface area contributed by atoms with Gasteiger partial charge in [0.2, 0.25) is 0 Å². The molecule has 0 spiro atoms. The summed E-state index contributed by atoms with van der Waals surface area (Å²) < 4.78 is 5.16. The second-order valence-corrected chi connectivity index (χ2v) is 6.42. The van der Waals surface area contributed by atoms with E-state index in [0.29, 0.717) is 17.1 Å². The van der Waals surface area contributed by atoms with E-state index in [-0.39, 0.29) is 12.5 Å².